The van der Waals surface area contributed by atoms with Gasteiger partial charge in [-0.25, -0.2) is 0 Å². The van der Waals surface area contributed by atoms with Gasteiger partial charge in [0.15, 0.2) is 6.10 Å². The summed E-state index contributed by atoms with van der Waals surface area (Å²) in [6.45, 7) is 1.66. The number of phenols is 1. The van der Waals surface area contributed by atoms with Gasteiger partial charge in [0.1, 0.15) is 11.5 Å². The molecule has 118 valence electrons. The number of ether oxygens (including phenoxy) is 1. The van der Waals surface area contributed by atoms with E-state index in [2.05, 4.69) is 26.6 Å². The largest absolute Gasteiger partial charge is 0.507 e. The topological polar surface area (TPSA) is 87.7 Å². The Bertz CT molecular complexity index is 807. The lowest BCUT2D eigenvalue weighted by Crippen LogP contribution is -2.34. The monoisotopic (exact) mass is 376 g/mol. The van der Waals surface area contributed by atoms with Crippen molar-refractivity contribution in [3.8, 4) is 11.5 Å². The highest BCUT2D eigenvalue weighted by molar-refractivity contribution is 9.10. The smallest absolute Gasteiger partial charge is 0.265 e. The molecule has 1 heterocycles. The fourth-order valence-corrected chi connectivity index (χ4v) is 2.54. The van der Waals surface area contributed by atoms with Crippen LogP contribution in [0.4, 0.5) is 11.4 Å². The first-order valence-electron chi connectivity index (χ1n) is 6.85. The lowest BCUT2D eigenvalue weighted by atomic mass is 10.1. The van der Waals surface area contributed by atoms with Crippen LogP contribution in [0.2, 0.25) is 0 Å². The number of carbonyl (C=O) groups is 2. The molecule has 0 aliphatic carbocycles. The third kappa shape index (κ3) is 3.14. The van der Waals surface area contributed by atoms with E-state index in [1.165, 1.54) is 12.1 Å². The van der Waals surface area contributed by atoms with Gasteiger partial charge in [-0.15, -0.1) is 0 Å². The van der Waals surface area contributed by atoms with Crippen LogP contribution in [0.15, 0.2) is 40.9 Å². The number of halogens is 1. The number of nitrogens with one attached hydrogen (secondary N) is 2. The Balaban J connectivity index is 1.84. The van der Waals surface area contributed by atoms with Crippen LogP contribution >= 0.6 is 15.9 Å². The Morgan fingerprint density at radius 3 is 2.87 bits per heavy atom. The molecule has 7 heteroatoms. The summed E-state index contributed by atoms with van der Waals surface area (Å²) in [5.41, 5.74) is 1.11. The minimum absolute atomic E-state index is 0.117. The number of carbonyl (C=O) groups excluding carboxylic acids is 2. The zero-order valence-corrected chi connectivity index (χ0v) is 13.7. The third-order valence-electron chi connectivity index (χ3n) is 3.37. The molecule has 2 aromatic carbocycles. The molecular weight excluding hydrogens is 364 g/mol. The van der Waals surface area contributed by atoms with Crippen molar-refractivity contribution in [2.75, 3.05) is 10.6 Å². The molecule has 1 aliphatic heterocycles. The molecule has 23 heavy (non-hydrogen) atoms. The van der Waals surface area contributed by atoms with Crippen molar-refractivity contribution >= 4 is 39.1 Å². The molecular formula is C16H13BrN2O4. The maximum atomic E-state index is 12.3. The van der Waals surface area contributed by atoms with Gasteiger partial charge < -0.3 is 20.5 Å². The molecule has 6 nitrogen and oxygen atoms in total. The number of hydrogen-bond acceptors (Lipinski definition) is 4. The van der Waals surface area contributed by atoms with E-state index >= 15 is 0 Å². The van der Waals surface area contributed by atoms with Gasteiger partial charge in [0, 0.05) is 10.2 Å². The first-order chi connectivity index (χ1) is 10.9. The highest BCUT2D eigenvalue weighted by Crippen LogP contribution is 2.32. The van der Waals surface area contributed by atoms with Gasteiger partial charge in [0.05, 0.1) is 11.3 Å². The Hall–Kier alpha value is -2.54. The lowest BCUT2D eigenvalue weighted by molar-refractivity contribution is -0.122. The number of amides is 2. The molecule has 3 rings (SSSR count). The molecule has 1 atom stereocenters. The minimum atomic E-state index is -0.554. The molecule has 0 aromatic heterocycles. The average Bonchev–Trinajstić information content (AvgIpc) is 2.51. The number of hydrogen-bond donors (Lipinski definition) is 3. The summed E-state index contributed by atoms with van der Waals surface area (Å²) < 4.78 is 6.13. The second-order valence-electron chi connectivity index (χ2n) is 5.08. The molecule has 0 saturated heterocycles. The van der Waals surface area contributed by atoms with E-state index in [4.69, 9.17) is 4.74 Å². The van der Waals surface area contributed by atoms with Gasteiger partial charge in [-0.1, -0.05) is 15.9 Å². The van der Waals surface area contributed by atoms with Crippen LogP contribution < -0.4 is 15.4 Å². The molecule has 0 fully saturated rings. The van der Waals surface area contributed by atoms with Crippen molar-refractivity contribution in [3.05, 3.63) is 46.4 Å². The quantitative estimate of drug-likeness (QED) is 0.751. The van der Waals surface area contributed by atoms with Gasteiger partial charge in [0.25, 0.3) is 11.8 Å². The average molecular weight is 377 g/mol. The van der Waals surface area contributed by atoms with Crippen molar-refractivity contribution in [1.29, 1.82) is 0 Å². The van der Waals surface area contributed by atoms with Crippen molar-refractivity contribution in [1.82, 2.24) is 0 Å². The number of anilines is 2. The summed E-state index contributed by atoms with van der Waals surface area (Å²) >= 11 is 3.26. The molecule has 2 amide bonds. The zero-order chi connectivity index (χ0) is 16.6. The summed E-state index contributed by atoms with van der Waals surface area (Å²) in [4.78, 5) is 23.9. The van der Waals surface area contributed by atoms with Crippen LogP contribution in [0.3, 0.4) is 0 Å². The number of benzene rings is 2. The molecule has 2 aromatic rings. The zero-order valence-electron chi connectivity index (χ0n) is 12.1. The number of phenolic OH excluding ortho intramolecular Hbond substituents is 1. The molecule has 3 N–H and O–H groups in total. The van der Waals surface area contributed by atoms with Crippen LogP contribution in [-0.2, 0) is 4.79 Å². The van der Waals surface area contributed by atoms with Crippen LogP contribution in [0.25, 0.3) is 0 Å². The lowest BCUT2D eigenvalue weighted by Gasteiger charge is -2.23. The van der Waals surface area contributed by atoms with E-state index in [1.807, 2.05) is 0 Å². The first-order valence-corrected chi connectivity index (χ1v) is 7.65. The fourth-order valence-electron chi connectivity index (χ4n) is 2.18. The highest BCUT2D eigenvalue weighted by atomic mass is 79.9. The normalized spacial score (nSPS) is 16.1. The number of rotatable bonds is 2. The van der Waals surface area contributed by atoms with Crippen LogP contribution in [0, 0.1) is 0 Å². The Morgan fingerprint density at radius 1 is 1.30 bits per heavy atom. The number of aromatic hydroxyl groups is 1. The molecule has 0 bridgehead atoms. The van der Waals surface area contributed by atoms with Crippen LogP contribution in [-0.4, -0.2) is 23.0 Å². The summed E-state index contributed by atoms with van der Waals surface area (Å²) in [5.74, 6) is -0.277. The van der Waals surface area contributed by atoms with E-state index in [0.717, 1.165) is 0 Å². The summed E-state index contributed by atoms with van der Waals surface area (Å²) in [6.07, 6.45) is -0.554. The van der Waals surface area contributed by atoms with E-state index in [9.17, 15) is 14.7 Å². The molecule has 0 spiro atoms. The van der Waals surface area contributed by atoms with Crippen molar-refractivity contribution in [3.63, 3.8) is 0 Å². The Morgan fingerprint density at radius 2 is 2.09 bits per heavy atom. The summed E-state index contributed by atoms with van der Waals surface area (Å²) in [7, 11) is 0. The standard InChI is InChI=1S/C16H13BrN2O4/c1-8-15(21)19-12-7-10(3-5-14(12)23-8)18-16(22)11-6-9(17)2-4-13(11)20/h2-8,20H,1H3,(H,18,22)(H,19,21). The van der Waals surface area contributed by atoms with Gasteiger partial charge in [-0.3, -0.25) is 9.59 Å². The Labute approximate surface area is 140 Å². The van der Waals surface area contributed by atoms with Crippen molar-refractivity contribution in [2.45, 2.75) is 13.0 Å². The molecule has 0 saturated carbocycles. The van der Waals surface area contributed by atoms with E-state index in [-0.39, 0.29) is 17.2 Å². The predicted octanol–water partition coefficient (Wildman–Crippen LogP) is 3.13. The fraction of sp³-hybridized carbons (Fsp3) is 0.125. The second kappa shape index (κ2) is 5.92. The van der Waals surface area contributed by atoms with Crippen LogP contribution in [0.5, 0.6) is 11.5 Å². The minimum Gasteiger partial charge on any atom is -0.507 e. The van der Waals surface area contributed by atoms with E-state index in [1.54, 1.807) is 31.2 Å². The first kappa shape index (κ1) is 15.4. The SMILES string of the molecule is CC1Oc2ccc(NC(=O)c3cc(Br)ccc3O)cc2NC1=O. The van der Waals surface area contributed by atoms with Gasteiger partial charge >= 0.3 is 0 Å². The van der Waals surface area contributed by atoms with Crippen LogP contribution in [0.1, 0.15) is 17.3 Å². The second-order valence-corrected chi connectivity index (χ2v) is 5.99. The van der Waals surface area contributed by atoms with Crippen molar-refractivity contribution in [2.24, 2.45) is 0 Å². The van der Waals surface area contributed by atoms with Gasteiger partial charge in [0.2, 0.25) is 0 Å². The van der Waals surface area contributed by atoms with Crippen molar-refractivity contribution < 1.29 is 19.4 Å². The van der Waals surface area contributed by atoms with Gasteiger partial charge in [-0.05, 0) is 43.3 Å². The maximum absolute atomic E-state index is 12.3. The maximum Gasteiger partial charge on any atom is 0.265 e. The highest BCUT2D eigenvalue weighted by Gasteiger charge is 2.23. The third-order valence-corrected chi connectivity index (χ3v) is 3.86. The number of fused-ring (bicyclic) bond motifs is 1. The van der Waals surface area contributed by atoms with Gasteiger partial charge in [-0.2, -0.15) is 0 Å². The van der Waals surface area contributed by atoms with E-state index in [0.29, 0.717) is 21.6 Å². The molecule has 1 aliphatic rings. The Kier molecular flexibility index (Phi) is 3.96. The molecule has 0 radical (unpaired) electrons. The van der Waals surface area contributed by atoms with E-state index < -0.39 is 12.0 Å². The summed E-state index contributed by atoms with van der Waals surface area (Å²) in [6, 6.07) is 9.53. The predicted molar refractivity (Wildman–Crippen MR) is 88.9 cm³/mol. The summed E-state index contributed by atoms with van der Waals surface area (Å²) in [5, 5.41) is 15.2. The molecule has 1 unspecified atom stereocenters.